The van der Waals surface area contributed by atoms with Crippen molar-refractivity contribution in [1.82, 2.24) is 10.2 Å². The Morgan fingerprint density at radius 3 is 2.58 bits per heavy atom. The van der Waals surface area contributed by atoms with Gasteiger partial charge in [0.2, 0.25) is 5.91 Å². The summed E-state index contributed by atoms with van der Waals surface area (Å²) in [5.74, 6) is -0.1000. The van der Waals surface area contributed by atoms with Gasteiger partial charge >= 0.3 is 6.09 Å². The number of ether oxygens (including phenoxy) is 1. The summed E-state index contributed by atoms with van der Waals surface area (Å²) < 4.78 is 5.46. The van der Waals surface area contributed by atoms with Crippen LogP contribution in [0.4, 0.5) is 10.5 Å². The van der Waals surface area contributed by atoms with Crippen molar-refractivity contribution in [1.29, 1.82) is 0 Å². The van der Waals surface area contributed by atoms with Gasteiger partial charge in [-0.1, -0.05) is 18.2 Å². The smallest absolute Gasteiger partial charge is 0.410 e. The Kier molecular flexibility index (Phi) is 6.89. The van der Waals surface area contributed by atoms with Crippen molar-refractivity contribution in [3.63, 3.8) is 0 Å². The number of nitrogens with zero attached hydrogens (tertiary/aromatic N) is 2. The summed E-state index contributed by atoms with van der Waals surface area (Å²) in [6.45, 7) is 7.31. The number of likely N-dealkylation sites (tertiary alicyclic amines) is 1. The lowest BCUT2D eigenvalue weighted by Crippen LogP contribution is -2.53. The van der Waals surface area contributed by atoms with Crippen LogP contribution in [0.5, 0.6) is 0 Å². The van der Waals surface area contributed by atoms with Crippen LogP contribution in [0.25, 0.3) is 0 Å². The van der Waals surface area contributed by atoms with Gasteiger partial charge in [-0.15, -0.1) is 0 Å². The first-order valence-corrected chi connectivity index (χ1v) is 9.31. The van der Waals surface area contributed by atoms with Crippen LogP contribution in [0.3, 0.4) is 0 Å². The molecule has 1 N–H and O–H groups in total. The average Bonchev–Trinajstić information content (AvgIpc) is 2.60. The predicted octanol–water partition coefficient (Wildman–Crippen LogP) is 3.03. The van der Waals surface area contributed by atoms with Gasteiger partial charge in [-0.05, 0) is 52.2 Å². The SMILES string of the molecule is CN(CCNC(=O)C1CCCCN1C(=O)OC(C)(C)C)c1ccccc1. The molecule has 1 aliphatic heterocycles. The van der Waals surface area contributed by atoms with E-state index in [4.69, 9.17) is 4.74 Å². The molecule has 2 amide bonds. The van der Waals surface area contributed by atoms with Crippen molar-refractivity contribution in [2.24, 2.45) is 0 Å². The molecule has 1 fully saturated rings. The Morgan fingerprint density at radius 1 is 1.23 bits per heavy atom. The molecular formula is C20H31N3O3. The Morgan fingerprint density at radius 2 is 1.92 bits per heavy atom. The van der Waals surface area contributed by atoms with Crippen LogP contribution in [0.2, 0.25) is 0 Å². The van der Waals surface area contributed by atoms with Crippen LogP contribution in [0.15, 0.2) is 30.3 Å². The zero-order valence-corrected chi connectivity index (χ0v) is 16.3. The highest BCUT2D eigenvalue weighted by Gasteiger charge is 2.34. The van der Waals surface area contributed by atoms with E-state index in [1.54, 1.807) is 4.90 Å². The van der Waals surface area contributed by atoms with Gasteiger partial charge in [0, 0.05) is 32.4 Å². The molecule has 1 aliphatic rings. The molecule has 26 heavy (non-hydrogen) atoms. The molecule has 1 atom stereocenters. The summed E-state index contributed by atoms with van der Waals surface area (Å²) in [5.41, 5.74) is 0.545. The minimum Gasteiger partial charge on any atom is -0.444 e. The third-order valence-electron chi connectivity index (χ3n) is 4.38. The molecule has 144 valence electrons. The van der Waals surface area contributed by atoms with E-state index in [-0.39, 0.29) is 5.91 Å². The van der Waals surface area contributed by atoms with Crippen molar-refractivity contribution >= 4 is 17.7 Å². The first kappa shape index (κ1) is 20.1. The molecule has 1 heterocycles. The minimum absolute atomic E-state index is 0.1000. The predicted molar refractivity (Wildman–Crippen MR) is 103 cm³/mol. The summed E-state index contributed by atoms with van der Waals surface area (Å²) in [4.78, 5) is 28.7. The highest BCUT2D eigenvalue weighted by molar-refractivity contribution is 5.86. The average molecular weight is 361 g/mol. The third kappa shape index (κ3) is 5.93. The van der Waals surface area contributed by atoms with E-state index in [2.05, 4.69) is 10.2 Å². The second kappa shape index (κ2) is 8.92. The Labute approximate surface area is 156 Å². The van der Waals surface area contributed by atoms with Crippen LogP contribution in [0.1, 0.15) is 40.0 Å². The van der Waals surface area contributed by atoms with Crippen LogP contribution in [-0.4, -0.2) is 55.2 Å². The number of hydrogen-bond donors (Lipinski definition) is 1. The molecule has 0 radical (unpaired) electrons. The number of carbonyl (C=O) groups is 2. The lowest BCUT2D eigenvalue weighted by Gasteiger charge is -2.35. The molecule has 1 unspecified atom stereocenters. The van der Waals surface area contributed by atoms with Crippen molar-refractivity contribution in [2.45, 2.75) is 51.7 Å². The van der Waals surface area contributed by atoms with E-state index < -0.39 is 17.7 Å². The lowest BCUT2D eigenvalue weighted by atomic mass is 10.0. The zero-order chi connectivity index (χ0) is 19.2. The van der Waals surface area contributed by atoms with Gasteiger partial charge in [0.05, 0.1) is 0 Å². The molecule has 0 aromatic heterocycles. The summed E-state index contributed by atoms with van der Waals surface area (Å²) in [6.07, 6.45) is 2.12. The highest BCUT2D eigenvalue weighted by atomic mass is 16.6. The number of benzene rings is 1. The van der Waals surface area contributed by atoms with Gasteiger partial charge in [-0.2, -0.15) is 0 Å². The molecular weight excluding hydrogens is 330 g/mol. The van der Waals surface area contributed by atoms with Crippen LogP contribution in [0, 0.1) is 0 Å². The number of amides is 2. The topological polar surface area (TPSA) is 61.9 Å². The maximum Gasteiger partial charge on any atom is 0.410 e. The molecule has 1 aromatic carbocycles. The normalized spacial score (nSPS) is 17.5. The van der Waals surface area contributed by atoms with E-state index in [9.17, 15) is 9.59 Å². The maximum atomic E-state index is 12.6. The fraction of sp³-hybridized carbons (Fsp3) is 0.600. The van der Waals surface area contributed by atoms with Crippen LogP contribution in [-0.2, 0) is 9.53 Å². The van der Waals surface area contributed by atoms with Crippen molar-refractivity contribution in [3.05, 3.63) is 30.3 Å². The zero-order valence-electron chi connectivity index (χ0n) is 16.3. The summed E-state index contributed by atoms with van der Waals surface area (Å²) in [7, 11) is 2.00. The number of carbonyl (C=O) groups excluding carboxylic acids is 2. The van der Waals surface area contributed by atoms with E-state index in [1.807, 2.05) is 58.2 Å². The van der Waals surface area contributed by atoms with E-state index in [0.717, 1.165) is 18.5 Å². The van der Waals surface area contributed by atoms with E-state index in [0.29, 0.717) is 26.1 Å². The summed E-state index contributed by atoms with van der Waals surface area (Å²) in [6, 6.07) is 9.59. The fourth-order valence-electron chi connectivity index (χ4n) is 3.02. The second-order valence-corrected chi connectivity index (χ2v) is 7.73. The molecule has 2 rings (SSSR count). The monoisotopic (exact) mass is 361 g/mol. The number of likely N-dealkylation sites (N-methyl/N-ethyl adjacent to an activating group) is 1. The van der Waals surface area contributed by atoms with Crippen molar-refractivity contribution < 1.29 is 14.3 Å². The van der Waals surface area contributed by atoms with Crippen LogP contribution < -0.4 is 10.2 Å². The number of anilines is 1. The Balaban J connectivity index is 1.87. The van der Waals surface area contributed by atoms with Gasteiger partial charge in [0.1, 0.15) is 11.6 Å². The molecule has 6 nitrogen and oxygen atoms in total. The Hall–Kier alpha value is -2.24. The van der Waals surface area contributed by atoms with Crippen LogP contribution >= 0.6 is 0 Å². The van der Waals surface area contributed by atoms with Gasteiger partial charge in [0.15, 0.2) is 0 Å². The molecule has 0 aliphatic carbocycles. The van der Waals surface area contributed by atoms with Gasteiger partial charge in [-0.3, -0.25) is 9.69 Å². The quantitative estimate of drug-likeness (QED) is 0.876. The molecule has 1 saturated heterocycles. The number of hydrogen-bond acceptors (Lipinski definition) is 4. The number of piperidine rings is 1. The second-order valence-electron chi connectivity index (χ2n) is 7.73. The number of nitrogens with one attached hydrogen (secondary N) is 1. The van der Waals surface area contributed by atoms with Crippen molar-refractivity contribution in [3.8, 4) is 0 Å². The van der Waals surface area contributed by atoms with Gasteiger partial charge in [-0.25, -0.2) is 4.79 Å². The molecule has 0 saturated carbocycles. The minimum atomic E-state index is -0.562. The molecule has 0 spiro atoms. The fourth-order valence-corrected chi connectivity index (χ4v) is 3.02. The Bertz CT molecular complexity index is 598. The standard InChI is InChI=1S/C20H31N3O3/c1-20(2,3)26-19(25)23-14-9-8-12-17(23)18(24)21-13-15-22(4)16-10-6-5-7-11-16/h5-7,10-11,17H,8-9,12-15H2,1-4H3,(H,21,24). The van der Waals surface area contributed by atoms with Gasteiger partial charge < -0.3 is 15.0 Å². The number of para-hydroxylation sites is 1. The molecule has 0 bridgehead atoms. The van der Waals surface area contributed by atoms with E-state index >= 15 is 0 Å². The summed E-state index contributed by atoms with van der Waals surface area (Å²) >= 11 is 0. The first-order chi connectivity index (χ1) is 12.3. The van der Waals surface area contributed by atoms with E-state index in [1.165, 1.54) is 0 Å². The molecule has 1 aromatic rings. The third-order valence-corrected chi connectivity index (χ3v) is 4.38. The lowest BCUT2D eigenvalue weighted by molar-refractivity contribution is -0.127. The van der Waals surface area contributed by atoms with Crippen molar-refractivity contribution in [2.75, 3.05) is 31.6 Å². The number of rotatable bonds is 5. The highest BCUT2D eigenvalue weighted by Crippen LogP contribution is 2.20. The maximum absolute atomic E-state index is 12.6. The summed E-state index contributed by atoms with van der Waals surface area (Å²) in [5, 5.41) is 2.97. The van der Waals surface area contributed by atoms with Gasteiger partial charge in [0.25, 0.3) is 0 Å². The largest absolute Gasteiger partial charge is 0.444 e. The first-order valence-electron chi connectivity index (χ1n) is 9.31. The molecule has 6 heteroatoms.